The third-order valence-electron chi connectivity index (χ3n) is 4.23. The fourth-order valence-electron chi connectivity index (χ4n) is 2.69. The Bertz CT molecular complexity index is 985. The van der Waals surface area contributed by atoms with Crippen LogP contribution in [-0.4, -0.2) is 6.18 Å². The summed E-state index contributed by atoms with van der Waals surface area (Å²) >= 11 is 0. The molecule has 29 heavy (non-hydrogen) atoms. The van der Waals surface area contributed by atoms with Crippen molar-refractivity contribution in [1.29, 1.82) is 0 Å². The molecular weight excluding hydrogens is 396 g/mol. The van der Waals surface area contributed by atoms with Gasteiger partial charge in [0.25, 0.3) is 0 Å². The number of nitrogens with two attached hydrogens (primary N) is 1. The van der Waals surface area contributed by atoms with Gasteiger partial charge in [0, 0.05) is 5.56 Å². The van der Waals surface area contributed by atoms with Gasteiger partial charge in [-0.2, -0.15) is 22.0 Å². The largest absolute Gasteiger partial charge is 0.458 e. The third-order valence-corrected chi connectivity index (χ3v) is 4.23. The van der Waals surface area contributed by atoms with Crippen molar-refractivity contribution in [3.63, 3.8) is 0 Å². The van der Waals surface area contributed by atoms with Gasteiger partial charge in [-0.15, -0.1) is 0 Å². The highest BCUT2D eigenvalue weighted by atomic mass is 19.4. The summed E-state index contributed by atoms with van der Waals surface area (Å²) < 4.78 is 83.7. The molecule has 2 nitrogen and oxygen atoms in total. The molecule has 0 heterocycles. The second-order valence-corrected chi connectivity index (χ2v) is 6.30. The van der Waals surface area contributed by atoms with E-state index in [1.165, 1.54) is 36.4 Å². The normalized spacial score (nSPS) is 13.2. The van der Waals surface area contributed by atoms with Crippen LogP contribution in [0.2, 0.25) is 0 Å². The highest BCUT2D eigenvalue weighted by molar-refractivity contribution is 5.40. The van der Waals surface area contributed by atoms with Crippen molar-refractivity contribution < 1.29 is 31.1 Å². The number of ether oxygens (including phenoxy) is 1. The van der Waals surface area contributed by atoms with Gasteiger partial charge in [0.05, 0.1) is 6.04 Å². The van der Waals surface area contributed by atoms with Gasteiger partial charge in [-0.05, 0) is 53.6 Å². The predicted molar refractivity (Wildman–Crippen MR) is 95.3 cm³/mol. The molecule has 3 aromatic rings. The van der Waals surface area contributed by atoms with E-state index < -0.39 is 29.5 Å². The average molecular weight is 411 g/mol. The molecule has 0 saturated carbocycles. The van der Waals surface area contributed by atoms with Crippen LogP contribution in [0.15, 0.2) is 72.8 Å². The molecule has 0 bridgehead atoms. The molecule has 152 valence electrons. The van der Waals surface area contributed by atoms with Crippen LogP contribution in [-0.2, 0) is 5.92 Å². The Hall–Kier alpha value is -3.00. The van der Waals surface area contributed by atoms with Gasteiger partial charge >= 0.3 is 12.1 Å². The zero-order valence-electron chi connectivity index (χ0n) is 14.8. The van der Waals surface area contributed by atoms with E-state index in [-0.39, 0.29) is 5.56 Å². The molecule has 3 aromatic carbocycles. The molecule has 0 spiro atoms. The van der Waals surface area contributed by atoms with Gasteiger partial charge in [-0.1, -0.05) is 30.3 Å². The van der Waals surface area contributed by atoms with E-state index in [4.69, 9.17) is 10.5 Å². The van der Waals surface area contributed by atoms with Gasteiger partial charge in [-0.3, -0.25) is 0 Å². The minimum atomic E-state index is -5.71. The predicted octanol–water partition coefficient (Wildman–Crippen LogP) is 6.32. The van der Waals surface area contributed by atoms with Crippen molar-refractivity contribution in [3.05, 3.63) is 95.3 Å². The molecule has 1 unspecified atom stereocenters. The van der Waals surface area contributed by atoms with Crippen LogP contribution in [0.4, 0.5) is 26.3 Å². The molecule has 0 aliphatic rings. The van der Waals surface area contributed by atoms with Gasteiger partial charge in [0.2, 0.25) is 0 Å². The topological polar surface area (TPSA) is 35.2 Å². The molecule has 0 saturated heterocycles. The maximum atomic E-state index is 13.6. The number of halogens is 6. The molecule has 0 fully saturated rings. The van der Waals surface area contributed by atoms with Crippen molar-refractivity contribution in [2.24, 2.45) is 5.73 Å². The first-order valence-corrected chi connectivity index (χ1v) is 8.42. The second-order valence-electron chi connectivity index (χ2n) is 6.30. The first kappa shape index (κ1) is 20.7. The highest BCUT2D eigenvalue weighted by Gasteiger charge is 2.58. The van der Waals surface area contributed by atoms with E-state index in [0.29, 0.717) is 23.1 Å². The van der Waals surface area contributed by atoms with E-state index in [0.717, 1.165) is 12.1 Å². The Labute approximate surface area is 162 Å². The third kappa shape index (κ3) is 4.54. The lowest BCUT2D eigenvalue weighted by Gasteiger charge is -2.21. The summed E-state index contributed by atoms with van der Waals surface area (Å²) in [7, 11) is 0. The van der Waals surface area contributed by atoms with E-state index >= 15 is 0 Å². The summed E-state index contributed by atoms with van der Waals surface area (Å²) in [5.74, 6) is -4.70. The minimum Gasteiger partial charge on any atom is -0.457 e. The summed E-state index contributed by atoms with van der Waals surface area (Å²) in [5.41, 5.74) is 5.43. The first-order valence-electron chi connectivity index (χ1n) is 8.42. The maximum Gasteiger partial charge on any atom is 0.458 e. The van der Waals surface area contributed by atoms with Crippen LogP contribution in [0.3, 0.4) is 0 Å². The Morgan fingerprint density at radius 1 is 0.724 bits per heavy atom. The average Bonchev–Trinajstić information content (AvgIpc) is 2.68. The summed E-state index contributed by atoms with van der Waals surface area (Å²) in [6, 6.07) is 14.6. The van der Waals surface area contributed by atoms with Gasteiger partial charge in [-0.25, -0.2) is 4.39 Å². The molecule has 1 atom stereocenters. The number of hydrogen-bond donors (Lipinski definition) is 1. The molecule has 0 radical (unpaired) electrons. The Morgan fingerprint density at radius 2 is 1.31 bits per heavy atom. The summed E-state index contributed by atoms with van der Waals surface area (Å²) in [6.45, 7) is 0. The fourth-order valence-corrected chi connectivity index (χ4v) is 2.69. The van der Waals surface area contributed by atoms with Crippen molar-refractivity contribution in [3.8, 4) is 11.5 Å². The van der Waals surface area contributed by atoms with Crippen LogP contribution in [0.25, 0.3) is 0 Å². The maximum absolute atomic E-state index is 13.6. The Morgan fingerprint density at radius 3 is 1.93 bits per heavy atom. The summed E-state index contributed by atoms with van der Waals surface area (Å²) in [6.07, 6.45) is -5.71. The van der Waals surface area contributed by atoms with Crippen LogP contribution in [0.5, 0.6) is 11.5 Å². The van der Waals surface area contributed by atoms with E-state index in [1.807, 2.05) is 0 Å². The van der Waals surface area contributed by atoms with Gasteiger partial charge in [0.15, 0.2) is 0 Å². The zero-order chi connectivity index (χ0) is 21.2. The van der Waals surface area contributed by atoms with Crippen molar-refractivity contribution in [2.75, 3.05) is 0 Å². The smallest absolute Gasteiger partial charge is 0.457 e. The molecular formula is C21H15F6NO. The van der Waals surface area contributed by atoms with E-state index in [1.54, 1.807) is 18.2 Å². The monoisotopic (exact) mass is 411 g/mol. The molecule has 0 aliphatic heterocycles. The SMILES string of the molecule is NC(c1cccc(Oc2ccc(F)cc2)c1)c1cccc(C(F)(F)C(F)(F)F)c1. The summed E-state index contributed by atoms with van der Waals surface area (Å²) in [5, 5.41) is 0. The van der Waals surface area contributed by atoms with Crippen molar-refractivity contribution >= 4 is 0 Å². The molecule has 0 aromatic heterocycles. The van der Waals surface area contributed by atoms with Gasteiger partial charge in [0.1, 0.15) is 17.3 Å². The standard InChI is InChI=1S/C21H15F6NO/c22-16-7-9-17(10-8-16)29-18-6-2-4-14(12-18)19(28)13-3-1-5-15(11-13)20(23,24)21(25,26)27/h1-12,19H,28H2. The lowest BCUT2D eigenvalue weighted by atomic mass is 9.96. The number of rotatable bonds is 5. The number of alkyl halides is 5. The minimum absolute atomic E-state index is 0.0883. The van der Waals surface area contributed by atoms with Crippen molar-refractivity contribution in [1.82, 2.24) is 0 Å². The summed E-state index contributed by atoms with van der Waals surface area (Å²) in [4.78, 5) is 0. The van der Waals surface area contributed by atoms with E-state index in [2.05, 4.69) is 0 Å². The van der Waals surface area contributed by atoms with Crippen LogP contribution in [0, 0.1) is 5.82 Å². The second kappa shape index (κ2) is 7.79. The van der Waals surface area contributed by atoms with Crippen LogP contribution < -0.4 is 10.5 Å². The quantitative estimate of drug-likeness (QED) is 0.499. The first-order chi connectivity index (χ1) is 13.6. The van der Waals surface area contributed by atoms with Crippen LogP contribution >= 0.6 is 0 Å². The van der Waals surface area contributed by atoms with E-state index in [9.17, 15) is 26.3 Å². The zero-order valence-corrected chi connectivity index (χ0v) is 14.8. The Kier molecular flexibility index (Phi) is 5.57. The lowest BCUT2D eigenvalue weighted by molar-refractivity contribution is -0.289. The van der Waals surface area contributed by atoms with Gasteiger partial charge < -0.3 is 10.5 Å². The number of hydrogen-bond acceptors (Lipinski definition) is 2. The molecule has 8 heteroatoms. The molecule has 0 aliphatic carbocycles. The molecule has 3 rings (SSSR count). The lowest BCUT2D eigenvalue weighted by Crippen LogP contribution is -2.33. The Balaban J connectivity index is 1.86. The molecule has 0 amide bonds. The van der Waals surface area contributed by atoms with Crippen molar-refractivity contribution in [2.45, 2.75) is 18.1 Å². The molecule has 2 N–H and O–H groups in total. The number of benzene rings is 3. The fraction of sp³-hybridized carbons (Fsp3) is 0.143. The highest BCUT2D eigenvalue weighted by Crippen LogP contribution is 2.44. The van der Waals surface area contributed by atoms with Crippen LogP contribution in [0.1, 0.15) is 22.7 Å².